The average molecular weight is 487 g/mol. The van der Waals surface area contributed by atoms with Crippen molar-refractivity contribution < 1.29 is 14.5 Å². The van der Waals surface area contributed by atoms with Crippen molar-refractivity contribution in [1.82, 2.24) is 5.32 Å². The number of amides is 2. The molecule has 10 heteroatoms. The number of hydrogen-bond donors (Lipinski definition) is 2. The van der Waals surface area contributed by atoms with Crippen molar-refractivity contribution in [1.29, 1.82) is 5.26 Å². The monoisotopic (exact) mass is 486 g/mol. The Balaban J connectivity index is 1.81. The van der Waals surface area contributed by atoms with E-state index in [2.05, 4.69) is 32.6 Å². The number of rotatable bonds is 6. The molecule has 2 amide bonds. The van der Waals surface area contributed by atoms with Crippen molar-refractivity contribution in [3.63, 3.8) is 0 Å². The van der Waals surface area contributed by atoms with E-state index in [-0.39, 0.29) is 40.3 Å². The number of nitrogens with one attached hydrogen (secondary N) is 2. The second-order valence-electron chi connectivity index (χ2n) is 6.32. The normalized spacial score (nSPS) is 15.9. The lowest BCUT2D eigenvalue weighted by atomic mass is 9.86. The molecule has 2 aromatic carbocycles. The zero-order valence-electron chi connectivity index (χ0n) is 15.4. The topological polar surface area (TPSA) is 125 Å². The minimum Gasteiger partial charge on any atom is -0.325 e. The number of halogens is 1. The minimum absolute atomic E-state index is 0.0412. The molecule has 0 bridgehead atoms. The summed E-state index contributed by atoms with van der Waals surface area (Å²) in [5.74, 6) is -1.47. The van der Waals surface area contributed by atoms with Gasteiger partial charge >= 0.3 is 0 Å². The Morgan fingerprint density at radius 1 is 1.30 bits per heavy atom. The van der Waals surface area contributed by atoms with Gasteiger partial charge in [0, 0.05) is 34.1 Å². The lowest BCUT2D eigenvalue weighted by molar-refractivity contribution is -0.385. The lowest BCUT2D eigenvalue weighted by Crippen LogP contribution is -2.31. The molecular formula is C20H15BrN4O4S. The van der Waals surface area contributed by atoms with E-state index in [0.717, 1.165) is 16.2 Å². The summed E-state index contributed by atoms with van der Waals surface area (Å²) in [5.41, 5.74) is 0.961. The van der Waals surface area contributed by atoms with Gasteiger partial charge in [0.1, 0.15) is 0 Å². The number of nitro benzene ring substituents is 1. The van der Waals surface area contributed by atoms with Crippen molar-refractivity contribution in [2.45, 2.75) is 12.3 Å². The van der Waals surface area contributed by atoms with E-state index >= 15 is 0 Å². The third kappa shape index (κ3) is 5.06. The molecular weight excluding hydrogens is 472 g/mol. The van der Waals surface area contributed by atoms with Gasteiger partial charge in [0.15, 0.2) is 0 Å². The van der Waals surface area contributed by atoms with Crippen LogP contribution in [0, 0.1) is 21.4 Å². The van der Waals surface area contributed by atoms with Gasteiger partial charge in [-0.05, 0) is 24.3 Å². The molecule has 1 aliphatic rings. The first-order valence-corrected chi connectivity index (χ1v) is 10.5. The molecule has 0 aliphatic carbocycles. The molecule has 152 valence electrons. The number of anilines is 1. The molecule has 3 rings (SSSR count). The van der Waals surface area contributed by atoms with Gasteiger partial charge in [-0.3, -0.25) is 19.7 Å². The molecule has 1 atom stereocenters. The number of nitriles is 1. The maximum absolute atomic E-state index is 12.3. The zero-order chi connectivity index (χ0) is 21.7. The Bertz CT molecular complexity index is 1080. The van der Waals surface area contributed by atoms with Crippen LogP contribution in [0.5, 0.6) is 0 Å². The van der Waals surface area contributed by atoms with Crippen LogP contribution in [0.25, 0.3) is 0 Å². The Morgan fingerprint density at radius 2 is 2.00 bits per heavy atom. The molecule has 0 unspecified atom stereocenters. The molecule has 0 fully saturated rings. The highest BCUT2D eigenvalue weighted by atomic mass is 79.9. The van der Waals surface area contributed by atoms with Crippen LogP contribution in [-0.4, -0.2) is 22.5 Å². The third-order valence-electron chi connectivity index (χ3n) is 4.34. The van der Waals surface area contributed by atoms with Gasteiger partial charge in [-0.25, -0.2) is 0 Å². The van der Waals surface area contributed by atoms with E-state index in [0.29, 0.717) is 11.3 Å². The first kappa shape index (κ1) is 21.5. The first-order valence-electron chi connectivity index (χ1n) is 8.74. The van der Waals surface area contributed by atoms with Crippen LogP contribution in [0.2, 0.25) is 0 Å². The summed E-state index contributed by atoms with van der Waals surface area (Å²) in [6, 6.07) is 15.1. The van der Waals surface area contributed by atoms with E-state index < -0.39 is 10.8 Å². The molecule has 0 saturated carbocycles. The van der Waals surface area contributed by atoms with Crippen LogP contribution in [-0.2, 0) is 9.59 Å². The zero-order valence-corrected chi connectivity index (χ0v) is 17.8. The van der Waals surface area contributed by atoms with E-state index in [4.69, 9.17) is 0 Å². The van der Waals surface area contributed by atoms with Gasteiger partial charge in [0.2, 0.25) is 11.8 Å². The van der Waals surface area contributed by atoms with Gasteiger partial charge in [-0.2, -0.15) is 5.26 Å². The van der Waals surface area contributed by atoms with Crippen molar-refractivity contribution in [2.24, 2.45) is 0 Å². The van der Waals surface area contributed by atoms with E-state index in [1.54, 1.807) is 36.4 Å². The number of nitro groups is 1. The van der Waals surface area contributed by atoms with Crippen LogP contribution in [0.15, 0.2) is 63.6 Å². The standard InChI is InChI=1S/C20H15BrN4O4S/c21-12-5-7-13(8-6-12)23-19(27)11-30-20-16(10-22)15(9-18(26)24-20)14-3-1-2-4-17(14)25(28)29/h1-8,15H,9,11H2,(H,23,27)(H,24,26)/t15-/m1/s1. The number of allylic oxidation sites excluding steroid dienone is 1. The summed E-state index contributed by atoms with van der Waals surface area (Å²) >= 11 is 4.33. The highest BCUT2D eigenvalue weighted by molar-refractivity contribution is 9.10. The minimum atomic E-state index is -0.748. The maximum Gasteiger partial charge on any atom is 0.273 e. The van der Waals surface area contributed by atoms with Crippen LogP contribution in [0.1, 0.15) is 17.9 Å². The Hall–Kier alpha value is -3.16. The number of hydrogen-bond acceptors (Lipinski definition) is 6. The summed E-state index contributed by atoms with van der Waals surface area (Å²) in [4.78, 5) is 35.3. The average Bonchev–Trinajstić information content (AvgIpc) is 2.73. The number of para-hydroxylation sites is 1. The summed E-state index contributed by atoms with van der Waals surface area (Å²) in [6.45, 7) is 0. The molecule has 0 radical (unpaired) electrons. The number of thioether (sulfide) groups is 1. The second kappa shape index (κ2) is 9.56. The molecule has 1 heterocycles. The largest absolute Gasteiger partial charge is 0.325 e. The summed E-state index contributed by atoms with van der Waals surface area (Å²) in [6.07, 6.45) is -0.0805. The fourth-order valence-electron chi connectivity index (χ4n) is 3.02. The SMILES string of the molecule is N#CC1=C(SCC(=O)Nc2ccc(Br)cc2)NC(=O)C[C@@H]1c1ccccc1[N+](=O)[O-]. The quantitative estimate of drug-likeness (QED) is 0.468. The molecule has 0 aromatic heterocycles. The molecule has 2 aromatic rings. The summed E-state index contributed by atoms with van der Waals surface area (Å²) in [5, 5.41) is 26.7. The predicted octanol–water partition coefficient (Wildman–Crippen LogP) is 4.07. The van der Waals surface area contributed by atoms with Crippen molar-refractivity contribution >= 4 is 50.9 Å². The fourth-order valence-corrected chi connectivity index (χ4v) is 4.16. The van der Waals surface area contributed by atoms with Gasteiger partial charge in [-0.15, -0.1) is 0 Å². The summed E-state index contributed by atoms with van der Waals surface area (Å²) < 4.78 is 0.879. The van der Waals surface area contributed by atoms with Crippen LogP contribution in [0.4, 0.5) is 11.4 Å². The number of nitrogens with zero attached hydrogens (tertiary/aromatic N) is 2. The second-order valence-corrected chi connectivity index (χ2v) is 8.22. The predicted molar refractivity (Wildman–Crippen MR) is 116 cm³/mol. The van der Waals surface area contributed by atoms with Gasteiger partial charge in [0.25, 0.3) is 5.69 Å². The van der Waals surface area contributed by atoms with Crippen LogP contribution in [0.3, 0.4) is 0 Å². The van der Waals surface area contributed by atoms with E-state index in [1.807, 2.05) is 0 Å². The molecule has 1 aliphatic heterocycles. The van der Waals surface area contributed by atoms with Crippen molar-refractivity contribution in [2.75, 3.05) is 11.1 Å². The summed E-state index contributed by atoms with van der Waals surface area (Å²) in [7, 11) is 0. The van der Waals surface area contributed by atoms with Crippen molar-refractivity contribution in [3.05, 3.63) is 79.3 Å². The first-order chi connectivity index (χ1) is 14.4. The van der Waals surface area contributed by atoms with Gasteiger partial charge in [-0.1, -0.05) is 45.9 Å². The molecule has 30 heavy (non-hydrogen) atoms. The molecule has 2 N–H and O–H groups in total. The van der Waals surface area contributed by atoms with Crippen LogP contribution >= 0.6 is 27.7 Å². The number of carbonyl (C=O) groups is 2. The number of carbonyl (C=O) groups excluding carboxylic acids is 2. The Kier molecular flexibility index (Phi) is 6.87. The van der Waals surface area contributed by atoms with Crippen molar-refractivity contribution in [3.8, 4) is 6.07 Å². The smallest absolute Gasteiger partial charge is 0.273 e. The molecule has 0 saturated heterocycles. The maximum atomic E-state index is 12.3. The van der Waals surface area contributed by atoms with Gasteiger partial charge < -0.3 is 10.6 Å². The van der Waals surface area contributed by atoms with E-state index in [9.17, 15) is 25.0 Å². The molecule has 8 nitrogen and oxygen atoms in total. The van der Waals surface area contributed by atoms with Gasteiger partial charge in [0.05, 0.1) is 27.3 Å². The van der Waals surface area contributed by atoms with Crippen LogP contribution < -0.4 is 10.6 Å². The highest BCUT2D eigenvalue weighted by Gasteiger charge is 2.33. The van der Waals surface area contributed by atoms with E-state index in [1.165, 1.54) is 12.1 Å². The molecule has 0 spiro atoms. The Morgan fingerprint density at radius 3 is 2.67 bits per heavy atom. The lowest BCUT2D eigenvalue weighted by Gasteiger charge is -2.24. The number of benzene rings is 2. The third-order valence-corrected chi connectivity index (χ3v) is 5.89. The Labute approximate surface area is 184 Å². The fraction of sp³-hybridized carbons (Fsp3) is 0.150. The highest BCUT2D eigenvalue weighted by Crippen LogP contribution is 2.39.